The van der Waals surface area contributed by atoms with Crippen molar-refractivity contribution in [2.75, 3.05) is 0 Å². The number of carbonyl (C=O) groups excluding carboxylic acids is 1. The minimum Gasteiger partial charge on any atom is -0.350 e. The maximum Gasteiger partial charge on any atom is 0.238 e. The van der Waals surface area contributed by atoms with E-state index in [0.29, 0.717) is 12.0 Å². The standard InChI is InChI=1S/C15H22FNO3S/c1-5-15(3,4)17-14(18)11(2)21(19,20)10-12-7-6-8-13(16)9-12/h6-9,11H,5,10H2,1-4H3,(H,17,18). The lowest BCUT2D eigenvalue weighted by atomic mass is 10.0. The fourth-order valence-corrected chi connectivity index (χ4v) is 2.95. The zero-order valence-corrected chi connectivity index (χ0v) is 13.6. The van der Waals surface area contributed by atoms with Crippen LogP contribution in [0.25, 0.3) is 0 Å². The van der Waals surface area contributed by atoms with Crippen molar-refractivity contribution in [3.63, 3.8) is 0 Å². The minimum absolute atomic E-state index is 0.337. The topological polar surface area (TPSA) is 63.2 Å². The molecule has 118 valence electrons. The highest BCUT2D eigenvalue weighted by molar-refractivity contribution is 7.92. The van der Waals surface area contributed by atoms with E-state index in [4.69, 9.17) is 0 Å². The Bertz CT molecular complexity index is 611. The molecule has 0 radical (unpaired) electrons. The summed E-state index contributed by atoms with van der Waals surface area (Å²) in [5.74, 6) is -1.38. The number of carbonyl (C=O) groups is 1. The number of halogens is 1. The van der Waals surface area contributed by atoms with Crippen molar-refractivity contribution in [1.29, 1.82) is 0 Å². The van der Waals surface area contributed by atoms with Gasteiger partial charge in [0.05, 0.1) is 5.75 Å². The van der Waals surface area contributed by atoms with E-state index in [-0.39, 0.29) is 5.75 Å². The molecule has 0 heterocycles. The Hall–Kier alpha value is -1.43. The van der Waals surface area contributed by atoms with E-state index >= 15 is 0 Å². The van der Waals surface area contributed by atoms with Crippen molar-refractivity contribution in [3.8, 4) is 0 Å². The maximum absolute atomic E-state index is 13.1. The van der Waals surface area contributed by atoms with Crippen LogP contribution >= 0.6 is 0 Å². The Morgan fingerprint density at radius 2 is 2.00 bits per heavy atom. The van der Waals surface area contributed by atoms with E-state index in [2.05, 4.69) is 5.32 Å². The lowest BCUT2D eigenvalue weighted by molar-refractivity contribution is -0.122. The third kappa shape index (κ3) is 5.12. The summed E-state index contributed by atoms with van der Waals surface area (Å²) in [6, 6.07) is 5.39. The first-order valence-corrected chi connectivity index (χ1v) is 8.57. The normalized spacial score (nSPS) is 13.8. The van der Waals surface area contributed by atoms with Crippen molar-refractivity contribution in [1.82, 2.24) is 5.32 Å². The van der Waals surface area contributed by atoms with Crippen LogP contribution in [0.1, 0.15) is 39.7 Å². The van der Waals surface area contributed by atoms with E-state index in [1.165, 1.54) is 25.1 Å². The molecule has 0 aromatic heterocycles. The molecule has 1 N–H and O–H groups in total. The number of rotatable bonds is 6. The van der Waals surface area contributed by atoms with Gasteiger partial charge in [0.2, 0.25) is 5.91 Å². The summed E-state index contributed by atoms with van der Waals surface area (Å²) >= 11 is 0. The van der Waals surface area contributed by atoms with E-state index < -0.39 is 32.4 Å². The van der Waals surface area contributed by atoms with Gasteiger partial charge in [-0.15, -0.1) is 0 Å². The van der Waals surface area contributed by atoms with Crippen LogP contribution in [0.4, 0.5) is 4.39 Å². The predicted octanol–water partition coefficient (Wildman–Crippen LogP) is 2.43. The summed E-state index contributed by atoms with van der Waals surface area (Å²) in [6.07, 6.45) is 0.690. The van der Waals surface area contributed by atoms with E-state index in [1.807, 2.05) is 20.8 Å². The van der Waals surface area contributed by atoms with E-state index in [0.717, 1.165) is 6.07 Å². The minimum atomic E-state index is -3.69. The maximum atomic E-state index is 13.1. The van der Waals surface area contributed by atoms with Gasteiger partial charge in [-0.25, -0.2) is 12.8 Å². The molecule has 0 saturated carbocycles. The van der Waals surface area contributed by atoms with Crippen molar-refractivity contribution in [2.45, 2.75) is 50.7 Å². The summed E-state index contributed by atoms with van der Waals surface area (Å²) in [7, 11) is -3.69. The second-order valence-corrected chi connectivity index (χ2v) is 8.13. The average Bonchev–Trinajstić information content (AvgIpc) is 2.36. The molecule has 0 fully saturated rings. The Balaban J connectivity index is 2.85. The van der Waals surface area contributed by atoms with Crippen LogP contribution in [0.2, 0.25) is 0 Å². The highest BCUT2D eigenvalue weighted by Gasteiger charge is 2.31. The summed E-state index contributed by atoms with van der Waals surface area (Å²) in [5, 5.41) is 1.54. The summed E-state index contributed by atoms with van der Waals surface area (Å²) in [5.41, 5.74) is -0.121. The summed E-state index contributed by atoms with van der Waals surface area (Å²) < 4.78 is 37.6. The molecule has 1 unspecified atom stereocenters. The molecule has 0 spiro atoms. The van der Waals surface area contributed by atoms with Gasteiger partial charge < -0.3 is 5.32 Å². The highest BCUT2D eigenvalue weighted by atomic mass is 32.2. The third-order valence-electron chi connectivity index (χ3n) is 3.51. The van der Waals surface area contributed by atoms with Crippen LogP contribution in [-0.4, -0.2) is 25.1 Å². The molecule has 1 aromatic rings. The molecule has 0 aliphatic heterocycles. The van der Waals surface area contributed by atoms with Gasteiger partial charge >= 0.3 is 0 Å². The van der Waals surface area contributed by atoms with Gasteiger partial charge in [0.15, 0.2) is 9.84 Å². The van der Waals surface area contributed by atoms with Gasteiger partial charge in [-0.2, -0.15) is 0 Å². The second kappa shape index (κ2) is 6.56. The van der Waals surface area contributed by atoms with Crippen molar-refractivity contribution < 1.29 is 17.6 Å². The Kier molecular flexibility index (Phi) is 5.50. The Morgan fingerprint density at radius 3 is 2.52 bits per heavy atom. The molecule has 0 aliphatic rings. The molecule has 1 rings (SSSR count). The third-order valence-corrected chi connectivity index (χ3v) is 5.54. The van der Waals surface area contributed by atoms with Crippen molar-refractivity contribution in [3.05, 3.63) is 35.6 Å². The zero-order valence-electron chi connectivity index (χ0n) is 12.8. The zero-order chi connectivity index (χ0) is 16.3. The lowest BCUT2D eigenvalue weighted by Crippen LogP contribution is -2.48. The summed E-state index contributed by atoms with van der Waals surface area (Å²) in [4.78, 5) is 12.1. The summed E-state index contributed by atoms with van der Waals surface area (Å²) in [6.45, 7) is 6.93. The first kappa shape index (κ1) is 17.6. The number of hydrogen-bond donors (Lipinski definition) is 1. The van der Waals surface area contributed by atoms with Gasteiger partial charge in [-0.1, -0.05) is 19.1 Å². The van der Waals surface area contributed by atoms with Gasteiger partial charge in [0, 0.05) is 5.54 Å². The molecule has 21 heavy (non-hydrogen) atoms. The number of amides is 1. The van der Waals surface area contributed by atoms with Gasteiger partial charge in [0.1, 0.15) is 11.1 Å². The molecule has 0 bridgehead atoms. The Morgan fingerprint density at radius 1 is 1.38 bits per heavy atom. The molecule has 4 nitrogen and oxygen atoms in total. The fraction of sp³-hybridized carbons (Fsp3) is 0.533. The highest BCUT2D eigenvalue weighted by Crippen LogP contribution is 2.15. The quantitative estimate of drug-likeness (QED) is 0.877. The van der Waals surface area contributed by atoms with Crippen LogP contribution < -0.4 is 5.32 Å². The van der Waals surface area contributed by atoms with E-state index in [9.17, 15) is 17.6 Å². The van der Waals surface area contributed by atoms with E-state index in [1.54, 1.807) is 0 Å². The molecule has 1 aromatic carbocycles. The lowest BCUT2D eigenvalue weighted by Gasteiger charge is -2.26. The molecular formula is C15H22FNO3S. The number of nitrogens with one attached hydrogen (secondary N) is 1. The van der Waals surface area contributed by atoms with Gasteiger partial charge in [0.25, 0.3) is 0 Å². The number of sulfone groups is 1. The predicted molar refractivity (Wildman–Crippen MR) is 81.0 cm³/mol. The van der Waals surface area contributed by atoms with Crippen molar-refractivity contribution >= 4 is 15.7 Å². The number of benzene rings is 1. The van der Waals surface area contributed by atoms with Crippen molar-refractivity contribution in [2.24, 2.45) is 0 Å². The molecule has 0 saturated heterocycles. The van der Waals surface area contributed by atoms with Crippen LogP contribution in [0.15, 0.2) is 24.3 Å². The SMILES string of the molecule is CCC(C)(C)NC(=O)C(C)S(=O)(=O)Cc1cccc(F)c1. The molecule has 0 aliphatic carbocycles. The largest absolute Gasteiger partial charge is 0.350 e. The Labute approximate surface area is 125 Å². The van der Waals surface area contributed by atoms with Crippen LogP contribution in [0, 0.1) is 5.82 Å². The molecular weight excluding hydrogens is 293 g/mol. The first-order chi connectivity index (χ1) is 9.57. The number of hydrogen-bond acceptors (Lipinski definition) is 3. The second-order valence-electron chi connectivity index (χ2n) is 5.81. The van der Waals surface area contributed by atoms with Crippen LogP contribution in [0.5, 0.6) is 0 Å². The first-order valence-electron chi connectivity index (χ1n) is 6.85. The van der Waals surface area contributed by atoms with Crippen LogP contribution in [-0.2, 0) is 20.4 Å². The molecule has 1 atom stereocenters. The molecule has 6 heteroatoms. The average molecular weight is 315 g/mol. The monoisotopic (exact) mass is 315 g/mol. The fourth-order valence-electron chi connectivity index (χ4n) is 1.67. The van der Waals surface area contributed by atoms with Gasteiger partial charge in [-0.3, -0.25) is 4.79 Å². The smallest absolute Gasteiger partial charge is 0.238 e. The van der Waals surface area contributed by atoms with Gasteiger partial charge in [-0.05, 0) is 44.9 Å². The molecule has 1 amide bonds. The van der Waals surface area contributed by atoms with Crippen LogP contribution in [0.3, 0.4) is 0 Å².